The normalized spacial score (nSPS) is 31.2. The maximum Gasteiger partial charge on any atom is 0.0836 e. The van der Waals surface area contributed by atoms with Gasteiger partial charge >= 0.3 is 0 Å². The van der Waals surface area contributed by atoms with Gasteiger partial charge in [-0.25, -0.2) is 0 Å². The molecule has 2 saturated heterocycles. The van der Waals surface area contributed by atoms with E-state index in [-0.39, 0.29) is 5.41 Å². The van der Waals surface area contributed by atoms with Crippen molar-refractivity contribution in [3.63, 3.8) is 0 Å². The highest BCUT2D eigenvalue weighted by atomic mass is 79.9. The molecule has 3 atom stereocenters. The minimum atomic E-state index is -0.262. The summed E-state index contributed by atoms with van der Waals surface area (Å²) >= 11 is 15.0. The molecule has 3 heterocycles. The van der Waals surface area contributed by atoms with Gasteiger partial charge in [-0.05, 0) is 53.2 Å². The second-order valence-corrected chi connectivity index (χ2v) is 8.21. The second-order valence-electron chi connectivity index (χ2n) is 6.32. The maximum atomic E-state index is 6.21. The zero-order valence-corrected chi connectivity index (χ0v) is 15.4. The molecule has 0 saturated carbocycles. The zero-order chi connectivity index (χ0) is 15.9. The van der Waals surface area contributed by atoms with Gasteiger partial charge in [0.05, 0.1) is 4.99 Å². The van der Waals surface area contributed by atoms with Crippen molar-refractivity contribution in [3.8, 4) is 0 Å². The van der Waals surface area contributed by atoms with Crippen LogP contribution in [-0.2, 0) is 5.41 Å². The van der Waals surface area contributed by atoms with E-state index in [0.29, 0.717) is 22.1 Å². The first-order valence-corrected chi connectivity index (χ1v) is 9.00. The van der Waals surface area contributed by atoms with Gasteiger partial charge in [0.25, 0.3) is 0 Å². The fourth-order valence-electron chi connectivity index (χ4n) is 4.05. The first-order chi connectivity index (χ1) is 10.4. The van der Waals surface area contributed by atoms with Crippen LogP contribution in [0, 0.1) is 0 Å². The van der Waals surface area contributed by atoms with E-state index in [9.17, 15) is 0 Å². The van der Waals surface area contributed by atoms with E-state index >= 15 is 0 Å². The standard InChI is InChI=1S/C16H19BrClN3S/c1-10(18)9-21-13-2-3-14(21)6-16(5-13,15(19)22)11-4-12(17)8-20-7-11/h4,7-8,13-14H,1-3,5-6,9H2,(H2,19,22)/t13-,14+,16+. The van der Waals surface area contributed by atoms with Crippen LogP contribution in [0.1, 0.15) is 31.2 Å². The van der Waals surface area contributed by atoms with Gasteiger partial charge in [-0.3, -0.25) is 9.88 Å². The Labute approximate surface area is 150 Å². The molecule has 2 aliphatic heterocycles. The third-order valence-corrected chi connectivity index (χ3v) is 5.97. The van der Waals surface area contributed by atoms with Crippen molar-refractivity contribution in [1.82, 2.24) is 9.88 Å². The van der Waals surface area contributed by atoms with E-state index in [1.54, 1.807) is 6.20 Å². The van der Waals surface area contributed by atoms with Crippen LogP contribution in [0.4, 0.5) is 0 Å². The predicted molar refractivity (Wildman–Crippen MR) is 98.1 cm³/mol. The van der Waals surface area contributed by atoms with E-state index < -0.39 is 0 Å². The Morgan fingerprint density at radius 3 is 2.59 bits per heavy atom. The van der Waals surface area contributed by atoms with Crippen LogP contribution in [0.5, 0.6) is 0 Å². The van der Waals surface area contributed by atoms with Gasteiger partial charge in [0.1, 0.15) is 0 Å². The topological polar surface area (TPSA) is 42.1 Å². The molecule has 0 amide bonds. The molecule has 118 valence electrons. The Balaban J connectivity index is 1.95. The molecule has 2 fully saturated rings. The number of aromatic nitrogens is 1. The van der Waals surface area contributed by atoms with Crippen molar-refractivity contribution in [2.45, 2.75) is 43.2 Å². The molecular weight excluding hydrogens is 382 g/mol. The molecule has 0 radical (unpaired) electrons. The van der Waals surface area contributed by atoms with Crippen LogP contribution in [0.3, 0.4) is 0 Å². The van der Waals surface area contributed by atoms with Crippen molar-refractivity contribution in [2.75, 3.05) is 6.54 Å². The lowest BCUT2D eigenvalue weighted by Crippen LogP contribution is -2.54. The highest BCUT2D eigenvalue weighted by Gasteiger charge is 2.50. The number of halogens is 2. The number of hydrogen-bond acceptors (Lipinski definition) is 3. The lowest BCUT2D eigenvalue weighted by molar-refractivity contribution is 0.122. The van der Waals surface area contributed by atoms with Gasteiger partial charge in [0.15, 0.2) is 0 Å². The summed E-state index contributed by atoms with van der Waals surface area (Å²) in [5, 5.41) is 0.698. The molecule has 2 N–H and O–H groups in total. The summed E-state index contributed by atoms with van der Waals surface area (Å²) in [7, 11) is 0. The third kappa shape index (κ3) is 2.84. The van der Waals surface area contributed by atoms with Gasteiger partial charge in [0.2, 0.25) is 0 Å². The Kier molecular flexibility index (Phi) is 4.61. The smallest absolute Gasteiger partial charge is 0.0836 e. The molecule has 1 aromatic heterocycles. The molecule has 0 spiro atoms. The fraction of sp³-hybridized carbons (Fsp3) is 0.500. The van der Waals surface area contributed by atoms with Crippen LogP contribution in [0.25, 0.3) is 0 Å². The average molecular weight is 401 g/mol. The average Bonchev–Trinajstić information content (AvgIpc) is 2.70. The summed E-state index contributed by atoms with van der Waals surface area (Å²) < 4.78 is 0.963. The predicted octanol–water partition coefficient (Wildman–Crippen LogP) is 3.75. The van der Waals surface area contributed by atoms with E-state index in [0.717, 1.165) is 29.4 Å². The summed E-state index contributed by atoms with van der Waals surface area (Å²) in [4.78, 5) is 7.36. The Morgan fingerprint density at radius 2 is 2.09 bits per heavy atom. The first kappa shape index (κ1) is 16.4. The Hall–Kier alpha value is -0.490. The molecule has 0 unspecified atom stereocenters. The molecule has 3 nitrogen and oxygen atoms in total. The van der Waals surface area contributed by atoms with Gasteiger partial charge in [0, 0.05) is 45.9 Å². The molecular formula is C16H19BrClN3S. The van der Waals surface area contributed by atoms with Gasteiger partial charge < -0.3 is 5.73 Å². The van der Waals surface area contributed by atoms with Crippen molar-refractivity contribution in [2.24, 2.45) is 5.73 Å². The number of nitrogens with zero attached hydrogens (tertiary/aromatic N) is 2. The lowest BCUT2D eigenvalue weighted by atomic mass is 9.70. The molecule has 0 aliphatic carbocycles. The molecule has 2 bridgehead atoms. The van der Waals surface area contributed by atoms with E-state index in [1.807, 2.05) is 6.20 Å². The van der Waals surface area contributed by atoms with Gasteiger partial charge in [-0.2, -0.15) is 0 Å². The largest absolute Gasteiger partial charge is 0.393 e. The molecule has 1 aromatic rings. The van der Waals surface area contributed by atoms with Crippen LogP contribution < -0.4 is 5.73 Å². The highest BCUT2D eigenvalue weighted by molar-refractivity contribution is 9.10. The van der Waals surface area contributed by atoms with Gasteiger partial charge in [-0.1, -0.05) is 30.4 Å². The Bertz CT molecular complexity index is 607. The second kappa shape index (κ2) is 6.19. The van der Waals surface area contributed by atoms with Gasteiger partial charge in [-0.15, -0.1) is 0 Å². The summed E-state index contributed by atoms with van der Waals surface area (Å²) in [6.07, 6.45) is 7.89. The van der Waals surface area contributed by atoms with Crippen LogP contribution in [0.15, 0.2) is 34.5 Å². The van der Waals surface area contributed by atoms with Crippen molar-refractivity contribution >= 4 is 44.7 Å². The lowest BCUT2D eigenvalue weighted by Gasteiger charge is -2.46. The number of nitrogens with two attached hydrogens (primary N) is 1. The number of piperidine rings is 1. The molecule has 6 heteroatoms. The van der Waals surface area contributed by atoms with Crippen molar-refractivity contribution in [1.29, 1.82) is 0 Å². The molecule has 22 heavy (non-hydrogen) atoms. The number of hydrogen-bond donors (Lipinski definition) is 1. The van der Waals surface area contributed by atoms with Crippen LogP contribution >= 0.6 is 39.7 Å². The summed E-state index contributed by atoms with van der Waals surface area (Å²) in [5.41, 5.74) is 7.07. The molecule has 2 aliphatic rings. The highest BCUT2D eigenvalue weighted by Crippen LogP contribution is 2.47. The quantitative estimate of drug-likeness (QED) is 0.782. The van der Waals surface area contributed by atoms with Crippen molar-refractivity contribution in [3.05, 3.63) is 40.1 Å². The number of fused-ring (bicyclic) bond motifs is 2. The fourth-order valence-corrected chi connectivity index (χ4v) is 4.84. The maximum absolute atomic E-state index is 6.21. The summed E-state index contributed by atoms with van der Waals surface area (Å²) in [5.74, 6) is 0. The Morgan fingerprint density at radius 1 is 1.45 bits per heavy atom. The number of thiocarbonyl (C=S) groups is 1. The zero-order valence-electron chi connectivity index (χ0n) is 12.3. The van der Waals surface area contributed by atoms with Crippen LogP contribution in [-0.4, -0.2) is 33.5 Å². The minimum absolute atomic E-state index is 0.262. The van der Waals surface area contributed by atoms with E-state index in [1.165, 1.54) is 12.8 Å². The van der Waals surface area contributed by atoms with Crippen LogP contribution in [0.2, 0.25) is 0 Å². The summed E-state index contributed by atoms with van der Waals surface area (Å²) in [6, 6.07) is 3.01. The first-order valence-electron chi connectivity index (χ1n) is 7.42. The SMILES string of the molecule is C=C(Cl)CN1[C@@H]2CC[C@H]1C[C@](C(N)=S)(c1cncc(Br)c1)C2. The van der Waals surface area contributed by atoms with E-state index in [4.69, 9.17) is 29.6 Å². The number of pyridine rings is 1. The van der Waals surface area contributed by atoms with Crippen molar-refractivity contribution < 1.29 is 0 Å². The third-order valence-electron chi connectivity index (χ3n) is 5.02. The number of rotatable bonds is 4. The summed E-state index contributed by atoms with van der Waals surface area (Å²) in [6.45, 7) is 4.60. The molecule has 3 rings (SSSR count). The van der Waals surface area contributed by atoms with E-state index in [2.05, 4.69) is 38.5 Å². The molecule has 0 aromatic carbocycles. The minimum Gasteiger partial charge on any atom is -0.393 e. The monoisotopic (exact) mass is 399 g/mol.